The molecule has 31 heavy (non-hydrogen) atoms. The van der Waals surface area contributed by atoms with E-state index in [1.165, 1.54) is 5.56 Å². The van der Waals surface area contributed by atoms with Crippen LogP contribution in [0.1, 0.15) is 22.6 Å². The number of rotatable bonds is 5. The Morgan fingerprint density at radius 3 is 3.00 bits per heavy atom. The van der Waals surface area contributed by atoms with Gasteiger partial charge in [0.25, 0.3) is 0 Å². The molecule has 0 aliphatic carbocycles. The van der Waals surface area contributed by atoms with E-state index in [4.69, 9.17) is 4.74 Å². The van der Waals surface area contributed by atoms with Gasteiger partial charge in [-0.1, -0.05) is 24.3 Å². The molecule has 0 fully saturated rings. The van der Waals surface area contributed by atoms with Gasteiger partial charge in [0.15, 0.2) is 0 Å². The molecule has 6 nitrogen and oxygen atoms in total. The summed E-state index contributed by atoms with van der Waals surface area (Å²) >= 11 is 1.64. The quantitative estimate of drug-likeness (QED) is 0.644. The summed E-state index contributed by atoms with van der Waals surface area (Å²) in [6.45, 7) is 3.24. The summed E-state index contributed by atoms with van der Waals surface area (Å²) in [5.41, 5.74) is 4.45. The van der Waals surface area contributed by atoms with Crippen molar-refractivity contribution >= 4 is 22.9 Å². The molecule has 0 spiro atoms. The maximum atomic E-state index is 13.1. The fraction of sp³-hybridized carbons (Fsp3) is 0.333. The number of para-hydroxylation sites is 1. The Morgan fingerprint density at radius 1 is 1.32 bits per heavy atom. The molecular weight excluding hydrogens is 410 g/mol. The predicted octanol–water partition coefficient (Wildman–Crippen LogP) is 3.27. The second kappa shape index (κ2) is 8.07. The Bertz CT molecular complexity index is 1130. The van der Waals surface area contributed by atoms with E-state index in [2.05, 4.69) is 21.7 Å². The first-order valence-electron chi connectivity index (χ1n) is 10.5. The van der Waals surface area contributed by atoms with E-state index in [-0.39, 0.29) is 19.1 Å². The molecule has 1 unspecified atom stereocenters. The SMILES string of the molecule is Cc1nc(-c2ccc3c(c2)CCN3C(=O)CNC2(CO)CCOc3ccccc32)cs1. The first kappa shape index (κ1) is 20.2. The van der Waals surface area contributed by atoms with Crippen molar-refractivity contribution in [1.29, 1.82) is 0 Å². The Hall–Kier alpha value is -2.74. The van der Waals surface area contributed by atoms with Crippen LogP contribution in [0.4, 0.5) is 5.69 Å². The standard InChI is InChI=1S/C24H25N3O3S/c1-16-26-20(14-31-16)17-6-7-21-18(12-17)8-10-27(21)23(29)13-25-24(15-28)9-11-30-22-5-3-2-4-19(22)24/h2-7,12,14,25,28H,8-11,13,15H2,1H3. The molecule has 3 heterocycles. The number of thiazole rings is 1. The maximum absolute atomic E-state index is 13.1. The van der Waals surface area contributed by atoms with Gasteiger partial charge in [-0.15, -0.1) is 11.3 Å². The van der Waals surface area contributed by atoms with E-state index in [1.807, 2.05) is 48.2 Å². The van der Waals surface area contributed by atoms with Gasteiger partial charge in [0.1, 0.15) is 5.75 Å². The summed E-state index contributed by atoms with van der Waals surface area (Å²) < 4.78 is 5.73. The van der Waals surface area contributed by atoms with Crippen molar-refractivity contribution in [2.75, 3.05) is 31.2 Å². The number of carbonyl (C=O) groups is 1. The highest BCUT2D eigenvalue weighted by Gasteiger charge is 2.38. The first-order chi connectivity index (χ1) is 15.1. The van der Waals surface area contributed by atoms with Gasteiger partial charge in [0, 0.05) is 35.2 Å². The average Bonchev–Trinajstić information content (AvgIpc) is 3.43. The van der Waals surface area contributed by atoms with Crippen LogP contribution in [0.15, 0.2) is 47.8 Å². The van der Waals surface area contributed by atoms with Crippen molar-refractivity contribution in [3.63, 3.8) is 0 Å². The monoisotopic (exact) mass is 435 g/mol. The number of benzene rings is 2. The molecule has 1 amide bonds. The van der Waals surface area contributed by atoms with Gasteiger partial charge in [0.05, 0.1) is 36.0 Å². The average molecular weight is 436 g/mol. The van der Waals surface area contributed by atoms with Crippen molar-refractivity contribution in [2.24, 2.45) is 0 Å². The normalized spacial score (nSPS) is 19.6. The molecule has 2 aliphatic heterocycles. The van der Waals surface area contributed by atoms with Gasteiger partial charge < -0.3 is 14.7 Å². The fourth-order valence-electron chi connectivity index (χ4n) is 4.52. The zero-order chi connectivity index (χ0) is 21.4. The molecule has 2 aromatic carbocycles. The van der Waals surface area contributed by atoms with Gasteiger partial charge in [-0.25, -0.2) is 4.98 Å². The highest BCUT2D eigenvalue weighted by Crippen LogP contribution is 2.37. The second-order valence-corrected chi connectivity index (χ2v) is 9.14. The second-order valence-electron chi connectivity index (χ2n) is 8.08. The number of hydrogen-bond acceptors (Lipinski definition) is 6. The van der Waals surface area contributed by atoms with Crippen LogP contribution in [0.3, 0.4) is 0 Å². The topological polar surface area (TPSA) is 74.7 Å². The van der Waals surface area contributed by atoms with Crippen LogP contribution in [0.25, 0.3) is 11.3 Å². The number of carbonyl (C=O) groups excluding carboxylic acids is 1. The Morgan fingerprint density at radius 2 is 2.19 bits per heavy atom. The summed E-state index contributed by atoms with van der Waals surface area (Å²) in [5, 5.41) is 16.7. The molecule has 2 aliphatic rings. The molecular formula is C24H25N3O3S. The summed E-state index contributed by atoms with van der Waals surface area (Å²) in [5.74, 6) is 0.770. The molecule has 0 radical (unpaired) electrons. The fourth-order valence-corrected chi connectivity index (χ4v) is 5.14. The number of nitrogens with zero attached hydrogens (tertiary/aromatic N) is 2. The van der Waals surface area contributed by atoms with Gasteiger partial charge in [-0.3, -0.25) is 10.1 Å². The number of ether oxygens (including phenoxy) is 1. The van der Waals surface area contributed by atoms with Gasteiger partial charge >= 0.3 is 0 Å². The largest absolute Gasteiger partial charge is 0.493 e. The molecule has 160 valence electrons. The van der Waals surface area contributed by atoms with E-state index in [1.54, 1.807) is 11.3 Å². The van der Waals surface area contributed by atoms with E-state index < -0.39 is 5.54 Å². The van der Waals surface area contributed by atoms with E-state index in [0.717, 1.165) is 39.7 Å². The van der Waals surface area contributed by atoms with Gasteiger partial charge in [-0.05, 0) is 37.1 Å². The van der Waals surface area contributed by atoms with Crippen LogP contribution >= 0.6 is 11.3 Å². The van der Waals surface area contributed by atoms with Gasteiger partial charge in [0.2, 0.25) is 5.91 Å². The molecule has 1 atom stereocenters. The van der Waals surface area contributed by atoms with E-state index in [9.17, 15) is 9.90 Å². The molecule has 0 bridgehead atoms. The Kier molecular flexibility index (Phi) is 5.25. The molecule has 1 aromatic heterocycles. The third-order valence-corrected chi connectivity index (χ3v) is 7.00. The Balaban J connectivity index is 1.33. The summed E-state index contributed by atoms with van der Waals surface area (Å²) in [4.78, 5) is 19.5. The minimum absolute atomic E-state index is 0.00722. The number of nitrogens with one attached hydrogen (secondary N) is 1. The lowest BCUT2D eigenvalue weighted by Crippen LogP contribution is -2.52. The molecule has 2 N–H and O–H groups in total. The molecule has 3 aromatic rings. The zero-order valence-corrected chi connectivity index (χ0v) is 18.2. The van der Waals surface area contributed by atoms with Crippen LogP contribution in [0.5, 0.6) is 5.75 Å². The zero-order valence-electron chi connectivity index (χ0n) is 17.4. The van der Waals surface area contributed by atoms with Gasteiger partial charge in [-0.2, -0.15) is 0 Å². The highest BCUT2D eigenvalue weighted by atomic mass is 32.1. The number of aromatic nitrogens is 1. The number of aliphatic hydroxyl groups excluding tert-OH is 1. The number of amides is 1. The maximum Gasteiger partial charge on any atom is 0.240 e. The highest BCUT2D eigenvalue weighted by molar-refractivity contribution is 7.09. The lowest BCUT2D eigenvalue weighted by atomic mass is 9.85. The minimum Gasteiger partial charge on any atom is -0.493 e. The van der Waals surface area contributed by atoms with Crippen LogP contribution in [0, 0.1) is 6.92 Å². The summed E-state index contributed by atoms with van der Waals surface area (Å²) in [7, 11) is 0. The third kappa shape index (κ3) is 3.63. The lowest BCUT2D eigenvalue weighted by molar-refractivity contribution is -0.118. The number of hydrogen-bond donors (Lipinski definition) is 2. The first-order valence-corrected chi connectivity index (χ1v) is 11.4. The summed E-state index contributed by atoms with van der Waals surface area (Å²) in [6, 6.07) is 13.9. The number of aliphatic hydroxyl groups is 1. The van der Waals surface area contributed by atoms with Crippen molar-refractivity contribution in [3.05, 3.63) is 64.0 Å². The van der Waals surface area contributed by atoms with Crippen molar-refractivity contribution in [1.82, 2.24) is 10.3 Å². The third-order valence-electron chi connectivity index (χ3n) is 6.23. The molecule has 0 saturated heterocycles. The number of fused-ring (bicyclic) bond motifs is 2. The van der Waals surface area contributed by atoms with Crippen molar-refractivity contribution in [3.8, 4) is 17.0 Å². The smallest absolute Gasteiger partial charge is 0.240 e. The number of anilines is 1. The van der Waals surface area contributed by atoms with Crippen LogP contribution in [-0.2, 0) is 16.8 Å². The van der Waals surface area contributed by atoms with Crippen molar-refractivity contribution < 1.29 is 14.6 Å². The van der Waals surface area contributed by atoms with E-state index >= 15 is 0 Å². The van der Waals surface area contributed by atoms with Crippen LogP contribution in [-0.4, -0.2) is 42.3 Å². The van der Waals surface area contributed by atoms with Crippen LogP contribution < -0.4 is 15.0 Å². The molecule has 0 saturated carbocycles. The van der Waals surface area contributed by atoms with Crippen LogP contribution in [0.2, 0.25) is 0 Å². The minimum atomic E-state index is -0.667. The molecule has 7 heteroatoms. The Labute approximate surface area is 185 Å². The lowest BCUT2D eigenvalue weighted by Gasteiger charge is -2.38. The summed E-state index contributed by atoms with van der Waals surface area (Å²) in [6.07, 6.45) is 1.45. The van der Waals surface area contributed by atoms with Crippen molar-refractivity contribution in [2.45, 2.75) is 25.3 Å². The number of aryl methyl sites for hydroxylation is 1. The molecule has 5 rings (SSSR count). The predicted molar refractivity (Wildman–Crippen MR) is 122 cm³/mol. The van der Waals surface area contributed by atoms with E-state index in [0.29, 0.717) is 19.6 Å².